The van der Waals surface area contributed by atoms with Crippen molar-refractivity contribution in [3.63, 3.8) is 0 Å². The first-order chi connectivity index (χ1) is 3.18. The van der Waals surface area contributed by atoms with Gasteiger partial charge in [0.2, 0.25) is 5.78 Å². The molecule has 0 aromatic carbocycles. The molecule has 0 aliphatic rings. The normalized spacial score (nSPS) is 7.14. The van der Waals surface area contributed by atoms with Gasteiger partial charge < -0.3 is 5.53 Å². The Morgan fingerprint density at radius 1 is 1.57 bits per heavy atom. The number of carbonyl (C=O) groups excluding carboxylic acids is 1. The maximum Gasteiger partial charge on any atom is 0.331 e. The molecule has 0 atom stereocenters. The molecule has 0 bridgehead atoms. The molecule has 38 valence electrons. The molecule has 0 aromatic heterocycles. The van der Waals surface area contributed by atoms with Crippen LogP contribution in [0.2, 0.25) is 0 Å². The Hall–Kier alpha value is -0.950. The summed E-state index contributed by atoms with van der Waals surface area (Å²) in [6.45, 7) is 2.79. The number of hydrogen-bond acceptors (Lipinski definition) is 1. The van der Waals surface area contributed by atoms with Gasteiger partial charge in [0.05, 0.1) is 0 Å². The molecular formula is C4H6N2O. The van der Waals surface area contributed by atoms with Crippen molar-refractivity contribution in [3.8, 4) is 0 Å². The van der Waals surface area contributed by atoms with E-state index < -0.39 is 0 Å². The fraction of sp³-hybridized carbons (Fsp3) is 0.500. The minimum atomic E-state index is -0.206. The number of rotatable bonds is 1. The third-order valence-corrected chi connectivity index (χ3v) is 0.660. The van der Waals surface area contributed by atoms with Crippen molar-refractivity contribution in [2.24, 2.45) is 0 Å². The molecule has 0 saturated heterocycles. The highest BCUT2D eigenvalue weighted by Crippen LogP contribution is 1.67. The Bertz CT molecular complexity index is 133. The molecule has 0 unspecified atom stereocenters. The van der Waals surface area contributed by atoms with Gasteiger partial charge in [0.15, 0.2) is 0 Å². The van der Waals surface area contributed by atoms with Crippen LogP contribution in [0.25, 0.3) is 5.53 Å². The van der Waals surface area contributed by atoms with E-state index >= 15 is 0 Å². The van der Waals surface area contributed by atoms with E-state index in [1.807, 2.05) is 0 Å². The number of nitrogens with zero attached hydrogens (tertiary/aromatic N) is 2. The van der Waals surface area contributed by atoms with Crippen molar-refractivity contribution in [2.45, 2.75) is 13.8 Å². The van der Waals surface area contributed by atoms with Crippen molar-refractivity contribution in [1.29, 1.82) is 0 Å². The molecule has 7 heavy (non-hydrogen) atoms. The number of Topliss-reactive ketones (excluding diaryl/α,β-unsaturated/α-hetero) is 1. The molecule has 0 radical (unpaired) electrons. The van der Waals surface area contributed by atoms with Crippen LogP contribution in [0.1, 0.15) is 13.8 Å². The van der Waals surface area contributed by atoms with Gasteiger partial charge in [0, 0.05) is 13.8 Å². The molecule has 0 rings (SSSR count). The van der Waals surface area contributed by atoms with Crippen LogP contribution in [0.3, 0.4) is 0 Å². The lowest BCUT2D eigenvalue weighted by Crippen LogP contribution is -2.04. The SMILES string of the molecule is CC(=O)C(C)=[N+]=[N-]. The monoisotopic (exact) mass is 98.0 g/mol. The van der Waals surface area contributed by atoms with E-state index in [-0.39, 0.29) is 11.5 Å². The molecule has 0 spiro atoms. The summed E-state index contributed by atoms with van der Waals surface area (Å²) in [7, 11) is 0. The van der Waals surface area contributed by atoms with Gasteiger partial charge in [-0.3, -0.25) is 4.79 Å². The van der Waals surface area contributed by atoms with Crippen LogP contribution in [0.5, 0.6) is 0 Å². The van der Waals surface area contributed by atoms with Crippen LogP contribution in [-0.2, 0) is 4.79 Å². The van der Waals surface area contributed by atoms with Gasteiger partial charge in [0.25, 0.3) is 0 Å². The van der Waals surface area contributed by atoms with Crippen LogP contribution in [0.15, 0.2) is 0 Å². The number of ketones is 1. The average Bonchev–Trinajstić information content (AvgIpc) is 1.65. The lowest BCUT2D eigenvalue weighted by Gasteiger charge is -1.69. The largest absolute Gasteiger partial charge is 0.361 e. The zero-order valence-corrected chi connectivity index (χ0v) is 4.30. The summed E-state index contributed by atoms with van der Waals surface area (Å²) < 4.78 is 0. The van der Waals surface area contributed by atoms with E-state index in [9.17, 15) is 4.79 Å². The van der Waals surface area contributed by atoms with Gasteiger partial charge in [-0.1, -0.05) is 0 Å². The Morgan fingerprint density at radius 3 is 2.00 bits per heavy atom. The summed E-state index contributed by atoms with van der Waals surface area (Å²) >= 11 is 0. The van der Waals surface area contributed by atoms with E-state index in [0.717, 1.165) is 0 Å². The molecule has 0 amide bonds. The Balaban J connectivity index is 4.10. The van der Waals surface area contributed by atoms with Crippen LogP contribution in [0.4, 0.5) is 0 Å². The molecule has 0 saturated carbocycles. The first-order valence-corrected chi connectivity index (χ1v) is 1.88. The van der Waals surface area contributed by atoms with Crippen molar-refractivity contribution >= 4 is 11.5 Å². The minimum Gasteiger partial charge on any atom is -0.361 e. The quantitative estimate of drug-likeness (QED) is 0.264. The topological polar surface area (TPSA) is 53.5 Å². The molecule has 0 aliphatic carbocycles. The zero-order valence-electron chi connectivity index (χ0n) is 4.30. The van der Waals surface area contributed by atoms with Crippen LogP contribution >= 0.6 is 0 Å². The maximum atomic E-state index is 10.1. The summed E-state index contributed by atoms with van der Waals surface area (Å²) in [5.41, 5.74) is 8.01. The predicted octanol–water partition coefficient (Wildman–Crippen LogP) is 0.266. The van der Waals surface area contributed by atoms with Gasteiger partial charge in [-0.15, -0.1) is 0 Å². The number of hydrogen-bond donors (Lipinski definition) is 0. The Morgan fingerprint density at radius 2 is 2.00 bits per heavy atom. The Kier molecular flexibility index (Phi) is 1.96. The fourth-order valence-corrected chi connectivity index (χ4v) is 0.0704. The smallest absolute Gasteiger partial charge is 0.331 e. The average molecular weight is 98.1 g/mol. The van der Waals surface area contributed by atoms with Crippen molar-refractivity contribution in [3.05, 3.63) is 5.53 Å². The third kappa shape index (κ3) is 1.84. The summed E-state index contributed by atoms with van der Waals surface area (Å²) in [5.74, 6) is -0.206. The van der Waals surface area contributed by atoms with Gasteiger partial charge in [-0.25, -0.2) is 0 Å². The molecule has 0 N–H and O–H groups in total. The fourth-order valence-electron chi connectivity index (χ4n) is 0.0704. The second-order valence-electron chi connectivity index (χ2n) is 1.24. The van der Waals surface area contributed by atoms with Gasteiger partial charge in [0.1, 0.15) is 0 Å². The standard InChI is InChI=1S/C4H6N2O/c1-3(6-5)4(2)7/h1-2H3. The molecule has 0 aromatic rings. The van der Waals surface area contributed by atoms with E-state index in [1.54, 1.807) is 0 Å². The van der Waals surface area contributed by atoms with E-state index in [2.05, 4.69) is 4.79 Å². The third-order valence-electron chi connectivity index (χ3n) is 0.660. The first-order valence-electron chi connectivity index (χ1n) is 1.88. The lowest BCUT2D eigenvalue weighted by molar-refractivity contribution is -0.115. The summed E-state index contributed by atoms with van der Waals surface area (Å²) in [6.07, 6.45) is 0. The van der Waals surface area contributed by atoms with Crippen molar-refractivity contribution in [2.75, 3.05) is 0 Å². The molecular weight excluding hydrogens is 92.1 g/mol. The molecule has 0 aliphatic heterocycles. The minimum absolute atomic E-state index is 0.139. The van der Waals surface area contributed by atoms with Crippen molar-refractivity contribution < 1.29 is 9.58 Å². The summed E-state index contributed by atoms with van der Waals surface area (Å²) in [5, 5.41) is 0. The maximum absolute atomic E-state index is 10.1. The van der Waals surface area contributed by atoms with Gasteiger partial charge >= 0.3 is 5.71 Å². The zero-order chi connectivity index (χ0) is 5.86. The molecule has 0 heterocycles. The van der Waals surface area contributed by atoms with Crippen LogP contribution in [0, 0.1) is 0 Å². The second-order valence-corrected chi connectivity index (χ2v) is 1.24. The van der Waals surface area contributed by atoms with E-state index in [0.29, 0.717) is 0 Å². The van der Waals surface area contributed by atoms with Gasteiger partial charge in [-0.05, 0) is 0 Å². The first kappa shape index (κ1) is 6.05. The van der Waals surface area contributed by atoms with E-state index in [4.69, 9.17) is 5.53 Å². The predicted molar refractivity (Wildman–Crippen MR) is 25.0 cm³/mol. The highest BCUT2D eigenvalue weighted by Gasteiger charge is 2.02. The summed E-state index contributed by atoms with van der Waals surface area (Å²) in [4.78, 5) is 12.7. The number of carbonyl (C=O) groups is 1. The Labute approximate surface area is 41.6 Å². The lowest BCUT2D eigenvalue weighted by atomic mass is 10.3. The molecule has 0 fully saturated rings. The highest BCUT2D eigenvalue weighted by molar-refractivity contribution is 6.35. The van der Waals surface area contributed by atoms with Crippen LogP contribution in [-0.4, -0.2) is 16.3 Å². The van der Waals surface area contributed by atoms with Crippen LogP contribution < -0.4 is 0 Å². The van der Waals surface area contributed by atoms with E-state index in [1.165, 1.54) is 13.8 Å². The highest BCUT2D eigenvalue weighted by atomic mass is 16.1. The van der Waals surface area contributed by atoms with Gasteiger partial charge in [-0.2, -0.15) is 4.79 Å². The summed E-state index contributed by atoms with van der Waals surface area (Å²) in [6, 6.07) is 0. The van der Waals surface area contributed by atoms with Crippen molar-refractivity contribution in [1.82, 2.24) is 0 Å². The molecule has 3 nitrogen and oxygen atoms in total. The molecule has 3 heteroatoms. The second kappa shape index (κ2) is 2.26.